The van der Waals surface area contributed by atoms with Crippen LogP contribution < -0.4 is 4.74 Å². The zero-order valence-electron chi connectivity index (χ0n) is 10.5. The Morgan fingerprint density at radius 2 is 2.39 bits per heavy atom. The molecule has 1 aromatic heterocycles. The first-order valence-electron chi connectivity index (χ1n) is 6.13. The van der Waals surface area contributed by atoms with Crippen LogP contribution >= 0.6 is 11.6 Å². The van der Waals surface area contributed by atoms with Crippen LogP contribution in [0.4, 0.5) is 0 Å². The van der Waals surface area contributed by atoms with E-state index in [0.29, 0.717) is 25.5 Å². The van der Waals surface area contributed by atoms with E-state index in [2.05, 4.69) is 4.98 Å². The Kier molecular flexibility index (Phi) is 4.42. The monoisotopic (exact) mass is 268 g/mol. The van der Waals surface area contributed by atoms with Gasteiger partial charge in [0, 0.05) is 24.7 Å². The average molecular weight is 269 g/mol. The highest BCUT2D eigenvalue weighted by Gasteiger charge is 2.19. The van der Waals surface area contributed by atoms with E-state index in [9.17, 15) is 4.79 Å². The van der Waals surface area contributed by atoms with Gasteiger partial charge in [0.1, 0.15) is 12.4 Å². The number of ether oxygens (including phenoxy) is 1. The molecule has 5 heteroatoms. The van der Waals surface area contributed by atoms with Crippen molar-refractivity contribution in [1.82, 2.24) is 9.88 Å². The number of likely N-dealkylation sites (tertiary alicyclic amines) is 1. The summed E-state index contributed by atoms with van der Waals surface area (Å²) in [4.78, 5) is 17.5. The molecule has 0 saturated carbocycles. The second kappa shape index (κ2) is 6.05. The van der Waals surface area contributed by atoms with E-state index in [1.165, 1.54) is 0 Å². The van der Waals surface area contributed by atoms with Crippen LogP contribution in [-0.4, -0.2) is 35.5 Å². The predicted octanol–water partition coefficient (Wildman–Crippen LogP) is 2.13. The van der Waals surface area contributed by atoms with Crippen molar-refractivity contribution in [2.45, 2.75) is 25.6 Å². The SMILES string of the molecule is Cc1c(OCCN2CCCC2=O)ccnc1CCl. The maximum Gasteiger partial charge on any atom is 0.222 e. The summed E-state index contributed by atoms with van der Waals surface area (Å²) in [5.41, 5.74) is 1.81. The van der Waals surface area contributed by atoms with Gasteiger partial charge in [0.25, 0.3) is 0 Å². The molecule has 0 radical (unpaired) electrons. The molecule has 0 N–H and O–H groups in total. The van der Waals surface area contributed by atoms with E-state index in [-0.39, 0.29) is 5.91 Å². The van der Waals surface area contributed by atoms with Crippen molar-refractivity contribution in [3.63, 3.8) is 0 Å². The topological polar surface area (TPSA) is 42.4 Å². The molecule has 2 rings (SSSR count). The van der Waals surface area contributed by atoms with Crippen LogP contribution in [0.2, 0.25) is 0 Å². The minimum Gasteiger partial charge on any atom is -0.491 e. The maximum absolute atomic E-state index is 11.4. The minimum absolute atomic E-state index is 0.228. The van der Waals surface area contributed by atoms with E-state index in [4.69, 9.17) is 16.3 Å². The number of aromatic nitrogens is 1. The van der Waals surface area contributed by atoms with Crippen molar-refractivity contribution in [2.75, 3.05) is 19.7 Å². The highest BCUT2D eigenvalue weighted by atomic mass is 35.5. The minimum atomic E-state index is 0.228. The average Bonchev–Trinajstić information content (AvgIpc) is 2.77. The fourth-order valence-electron chi connectivity index (χ4n) is 2.06. The normalized spacial score (nSPS) is 15.2. The second-order valence-electron chi connectivity index (χ2n) is 4.35. The second-order valence-corrected chi connectivity index (χ2v) is 4.61. The summed E-state index contributed by atoms with van der Waals surface area (Å²) >= 11 is 5.79. The number of rotatable bonds is 5. The Labute approximate surface area is 112 Å². The van der Waals surface area contributed by atoms with Crippen LogP contribution in [0.25, 0.3) is 0 Å². The molecule has 1 amide bonds. The van der Waals surface area contributed by atoms with Gasteiger partial charge >= 0.3 is 0 Å². The van der Waals surface area contributed by atoms with Crippen LogP contribution in [0, 0.1) is 6.92 Å². The fraction of sp³-hybridized carbons (Fsp3) is 0.538. The van der Waals surface area contributed by atoms with E-state index >= 15 is 0 Å². The first kappa shape index (κ1) is 13.1. The van der Waals surface area contributed by atoms with Gasteiger partial charge in [0.2, 0.25) is 5.91 Å². The van der Waals surface area contributed by atoms with Crippen molar-refractivity contribution in [2.24, 2.45) is 0 Å². The molecule has 1 aliphatic rings. The molecule has 0 unspecified atom stereocenters. The maximum atomic E-state index is 11.4. The van der Waals surface area contributed by atoms with Crippen LogP contribution in [0.5, 0.6) is 5.75 Å². The van der Waals surface area contributed by atoms with Crippen LogP contribution in [0.1, 0.15) is 24.1 Å². The Balaban J connectivity index is 1.88. The number of hydrogen-bond acceptors (Lipinski definition) is 3. The predicted molar refractivity (Wildman–Crippen MR) is 69.8 cm³/mol. The number of alkyl halides is 1. The Hall–Kier alpha value is -1.29. The smallest absolute Gasteiger partial charge is 0.222 e. The van der Waals surface area contributed by atoms with Gasteiger partial charge in [0.05, 0.1) is 18.1 Å². The third-order valence-electron chi connectivity index (χ3n) is 3.18. The molecule has 1 aliphatic heterocycles. The molecule has 4 nitrogen and oxygen atoms in total. The molecule has 98 valence electrons. The molecular formula is C13H17ClN2O2. The number of pyridine rings is 1. The lowest BCUT2D eigenvalue weighted by molar-refractivity contribution is -0.128. The molecule has 0 bridgehead atoms. The highest BCUT2D eigenvalue weighted by molar-refractivity contribution is 6.17. The molecule has 1 fully saturated rings. The number of carbonyl (C=O) groups excluding carboxylic acids is 1. The largest absolute Gasteiger partial charge is 0.491 e. The van der Waals surface area contributed by atoms with Crippen LogP contribution in [-0.2, 0) is 10.7 Å². The quantitative estimate of drug-likeness (QED) is 0.769. The first-order valence-corrected chi connectivity index (χ1v) is 6.67. The highest BCUT2D eigenvalue weighted by Crippen LogP contribution is 2.20. The number of nitrogens with zero attached hydrogens (tertiary/aromatic N) is 2. The molecule has 2 heterocycles. The number of carbonyl (C=O) groups is 1. The molecule has 0 aliphatic carbocycles. The van der Waals surface area contributed by atoms with Crippen LogP contribution in [0.3, 0.4) is 0 Å². The summed E-state index contributed by atoms with van der Waals surface area (Å²) in [6.07, 6.45) is 3.33. The third-order valence-corrected chi connectivity index (χ3v) is 3.43. The first-order chi connectivity index (χ1) is 8.72. The molecular weight excluding hydrogens is 252 g/mol. The molecule has 1 aromatic rings. The summed E-state index contributed by atoms with van der Waals surface area (Å²) in [6.45, 7) is 3.96. The number of halogens is 1. The summed E-state index contributed by atoms with van der Waals surface area (Å²) in [5, 5.41) is 0. The lowest BCUT2D eigenvalue weighted by Crippen LogP contribution is -2.29. The van der Waals surface area contributed by atoms with Crippen molar-refractivity contribution in [3.05, 3.63) is 23.5 Å². The van der Waals surface area contributed by atoms with Crippen molar-refractivity contribution < 1.29 is 9.53 Å². The van der Waals surface area contributed by atoms with Gasteiger partial charge in [-0.05, 0) is 19.4 Å². The Morgan fingerprint density at radius 1 is 1.56 bits per heavy atom. The van der Waals surface area contributed by atoms with Gasteiger partial charge in [-0.2, -0.15) is 0 Å². The summed E-state index contributed by atoms with van der Waals surface area (Å²) in [7, 11) is 0. The van der Waals surface area contributed by atoms with E-state index in [1.54, 1.807) is 6.20 Å². The summed E-state index contributed by atoms with van der Waals surface area (Å²) in [5.74, 6) is 1.41. The van der Waals surface area contributed by atoms with Gasteiger partial charge < -0.3 is 9.64 Å². The van der Waals surface area contributed by atoms with Crippen molar-refractivity contribution in [1.29, 1.82) is 0 Å². The number of hydrogen-bond donors (Lipinski definition) is 0. The lowest BCUT2D eigenvalue weighted by Gasteiger charge is -2.16. The van der Waals surface area contributed by atoms with E-state index in [1.807, 2.05) is 17.9 Å². The van der Waals surface area contributed by atoms with Crippen molar-refractivity contribution in [3.8, 4) is 5.75 Å². The Bertz CT molecular complexity index is 437. The van der Waals surface area contributed by atoms with Gasteiger partial charge in [-0.3, -0.25) is 9.78 Å². The third kappa shape index (κ3) is 2.93. The number of amides is 1. The van der Waals surface area contributed by atoms with Gasteiger partial charge in [-0.15, -0.1) is 11.6 Å². The summed E-state index contributed by atoms with van der Waals surface area (Å²) < 4.78 is 5.70. The zero-order valence-corrected chi connectivity index (χ0v) is 11.2. The van der Waals surface area contributed by atoms with Crippen LogP contribution in [0.15, 0.2) is 12.3 Å². The fourth-order valence-corrected chi connectivity index (χ4v) is 2.33. The molecule has 0 spiro atoms. The van der Waals surface area contributed by atoms with Gasteiger partial charge in [-0.25, -0.2) is 0 Å². The Morgan fingerprint density at radius 3 is 3.06 bits per heavy atom. The van der Waals surface area contributed by atoms with E-state index in [0.717, 1.165) is 30.0 Å². The molecule has 1 saturated heterocycles. The van der Waals surface area contributed by atoms with E-state index < -0.39 is 0 Å². The van der Waals surface area contributed by atoms with Gasteiger partial charge in [-0.1, -0.05) is 0 Å². The van der Waals surface area contributed by atoms with Gasteiger partial charge in [0.15, 0.2) is 0 Å². The van der Waals surface area contributed by atoms with Crippen molar-refractivity contribution >= 4 is 17.5 Å². The lowest BCUT2D eigenvalue weighted by atomic mass is 10.2. The standard InChI is InChI=1S/C13H17ClN2O2/c1-10-11(9-14)15-5-4-12(10)18-8-7-16-6-2-3-13(16)17/h4-5H,2-3,6-9H2,1H3. The zero-order chi connectivity index (χ0) is 13.0. The molecule has 0 atom stereocenters. The molecule has 18 heavy (non-hydrogen) atoms. The summed E-state index contributed by atoms with van der Waals surface area (Å²) in [6, 6.07) is 1.83. The molecule has 0 aromatic carbocycles.